The molecule has 3 aliphatic rings. The predicted molar refractivity (Wildman–Crippen MR) is 130 cm³/mol. The normalized spacial score (nSPS) is 20.6. The number of nitrogens with zero attached hydrogens (tertiary/aromatic N) is 5. The highest BCUT2D eigenvalue weighted by atomic mass is 19.1. The lowest BCUT2D eigenvalue weighted by Crippen LogP contribution is -2.31. The highest BCUT2D eigenvalue weighted by Gasteiger charge is 2.39. The molecule has 2 atom stereocenters. The van der Waals surface area contributed by atoms with E-state index >= 15 is 0 Å². The Labute approximate surface area is 197 Å². The van der Waals surface area contributed by atoms with Crippen molar-refractivity contribution in [2.75, 3.05) is 36.9 Å². The van der Waals surface area contributed by atoms with Crippen molar-refractivity contribution in [2.24, 2.45) is 5.92 Å². The van der Waals surface area contributed by atoms with Gasteiger partial charge in [0.05, 0.1) is 5.69 Å². The summed E-state index contributed by atoms with van der Waals surface area (Å²) in [6.07, 6.45) is 8.46. The fraction of sp³-hybridized carbons (Fsp3) is 0.346. The van der Waals surface area contributed by atoms with Gasteiger partial charge in [-0.2, -0.15) is 0 Å². The highest BCUT2D eigenvalue weighted by molar-refractivity contribution is 5.88. The van der Waals surface area contributed by atoms with Crippen molar-refractivity contribution in [1.29, 1.82) is 0 Å². The SMILES string of the molecule is CNc1cc(F)cc2c1Cc1nc(Cc3cnc4cccn4c3)nc(N3CC4CCNC4C3)c1-2. The molecule has 2 aliphatic heterocycles. The Balaban J connectivity index is 1.34. The molecule has 2 fully saturated rings. The molecule has 172 valence electrons. The second kappa shape index (κ2) is 7.50. The molecule has 5 heterocycles. The van der Waals surface area contributed by atoms with Gasteiger partial charge in [0.25, 0.3) is 0 Å². The Morgan fingerprint density at radius 1 is 1.24 bits per heavy atom. The first-order valence-electron chi connectivity index (χ1n) is 12.0. The van der Waals surface area contributed by atoms with Crippen LogP contribution < -0.4 is 15.5 Å². The Morgan fingerprint density at radius 2 is 2.18 bits per heavy atom. The lowest BCUT2D eigenvalue weighted by molar-refractivity contribution is 0.556. The van der Waals surface area contributed by atoms with E-state index in [0.717, 1.165) is 70.6 Å². The molecule has 8 heteroatoms. The van der Waals surface area contributed by atoms with Gasteiger partial charge in [-0.05, 0) is 59.8 Å². The van der Waals surface area contributed by atoms with Crippen LogP contribution in [-0.4, -0.2) is 52.1 Å². The number of halogens is 1. The van der Waals surface area contributed by atoms with Crippen molar-refractivity contribution in [2.45, 2.75) is 25.3 Å². The predicted octanol–water partition coefficient (Wildman–Crippen LogP) is 3.27. The van der Waals surface area contributed by atoms with Crippen LogP contribution in [0, 0.1) is 11.7 Å². The molecule has 2 N–H and O–H groups in total. The van der Waals surface area contributed by atoms with Gasteiger partial charge >= 0.3 is 0 Å². The first kappa shape index (κ1) is 19.9. The molecule has 0 saturated carbocycles. The second-order valence-corrected chi connectivity index (χ2v) is 9.62. The van der Waals surface area contributed by atoms with Crippen LogP contribution in [0.15, 0.2) is 42.9 Å². The third-order valence-corrected chi connectivity index (χ3v) is 7.56. The van der Waals surface area contributed by atoms with E-state index in [2.05, 4.69) is 26.7 Å². The van der Waals surface area contributed by atoms with E-state index in [1.807, 2.05) is 36.0 Å². The summed E-state index contributed by atoms with van der Waals surface area (Å²) in [5.41, 5.74) is 6.80. The van der Waals surface area contributed by atoms with Crippen LogP contribution >= 0.6 is 0 Å². The molecule has 1 aliphatic carbocycles. The Bertz CT molecular complexity index is 1420. The molecule has 2 saturated heterocycles. The van der Waals surface area contributed by atoms with Crippen molar-refractivity contribution in [3.8, 4) is 11.1 Å². The number of benzene rings is 1. The molecule has 3 aromatic heterocycles. The largest absolute Gasteiger partial charge is 0.388 e. The third-order valence-electron chi connectivity index (χ3n) is 7.56. The van der Waals surface area contributed by atoms with E-state index in [4.69, 9.17) is 9.97 Å². The minimum atomic E-state index is -0.239. The van der Waals surface area contributed by atoms with Crippen LogP contribution in [0.1, 0.15) is 29.1 Å². The van der Waals surface area contributed by atoms with Gasteiger partial charge in [-0.3, -0.25) is 0 Å². The van der Waals surface area contributed by atoms with Gasteiger partial charge in [-0.25, -0.2) is 19.3 Å². The molecular weight excluding hydrogens is 429 g/mol. The standard InChI is InChI=1S/C26H26FN7/c1-28-20-9-17(27)8-19-18(20)10-21-25(19)26(34-13-16-4-5-29-22(16)14-34)32-23(31-21)7-15-11-30-24-3-2-6-33(24)12-15/h2-3,6,8-9,11-12,16,22,28-29H,4-5,7,10,13-14H2,1H3. The van der Waals surface area contributed by atoms with Crippen LogP contribution in [0.4, 0.5) is 15.9 Å². The fourth-order valence-electron chi connectivity index (χ4n) is 5.96. The summed E-state index contributed by atoms with van der Waals surface area (Å²) in [4.78, 5) is 17.0. The second-order valence-electron chi connectivity index (χ2n) is 9.62. The van der Waals surface area contributed by atoms with Crippen LogP contribution in [-0.2, 0) is 12.8 Å². The average Bonchev–Trinajstić information content (AvgIpc) is 3.60. The fourth-order valence-corrected chi connectivity index (χ4v) is 5.96. The molecule has 7 nitrogen and oxygen atoms in total. The molecule has 0 amide bonds. The first-order valence-corrected chi connectivity index (χ1v) is 12.0. The summed E-state index contributed by atoms with van der Waals surface area (Å²) in [6.45, 7) is 2.99. The molecule has 0 spiro atoms. The van der Waals surface area contributed by atoms with E-state index in [9.17, 15) is 4.39 Å². The maximum absolute atomic E-state index is 14.6. The third kappa shape index (κ3) is 3.09. The Hall–Kier alpha value is -3.52. The van der Waals surface area contributed by atoms with Gasteiger partial charge in [0, 0.05) is 68.9 Å². The summed E-state index contributed by atoms with van der Waals surface area (Å²) in [6, 6.07) is 7.69. The number of hydrogen-bond donors (Lipinski definition) is 2. The number of aromatic nitrogens is 4. The molecule has 7 rings (SSSR count). The molecule has 0 bridgehead atoms. The Kier molecular flexibility index (Phi) is 4.39. The summed E-state index contributed by atoms with van der Waals surface area (Å²) in [7, 11) is 1.84. The first-order chi connectivity index (χ1) is 16.7. The van der Waals surface area contributed by atoms with Crippen LogP contribution in [0.25, 0.3) is 16.8 Å². The van der Waals surface area contributed by atoms with E-state index < -0.39 is 0 Å². The highest BCUT2D eigenvalue weighted by Crippen LogP contribution is 2.45. The minimum absolute atomic E-state index is 0.239. The zero-order chi connectivity index (χ0) is 22.8. The van der Waals surface area contributed by atoms with E-state index in [0.29, 0.717) is 24.8 Å². The van der Waals surface area contributed by atoms with Gasteiger partial charge in [-0.15, -0.1) is 0 Å². The van der Waals surface area contributed by atoms with Gasteiger partial charge in [0.2, 0.25) is 0 Å². The van der Waals surface area contributed by atoms with Crippen LogP contribution in [0.3, 0.4) is 0 Å². The summed E-state index contributed by atoms with van der Waals surface area (Å²) < 4.78 is 16.6. The van der Waals surface area contributed by atoms with E-state index in [-0.39, 0.29) is 5.82 Å². The zero-order valence-corrected chi connectivity index (χ0v) is 19.1. The molecule has 34 heavy (non-hydrogen) atoms. The van der Waals surface area contributed by atoms with Gasteiger partial charge in [0.15, 0.2) is 0 Å². The van der Waals surface area contributed by atoms with Crippen molar-refractivity contribution in [1.82, 2.24) is 24.7 Å². The molecule has 0 radical (unpaired) electrons. The van der Waals surface area contributed by atoms with Crippen molar-refractivity contribution in [3.05, 3.63) is 71.3 Å². The number of anilines is 2. The van der Waals surface area contributed by atoms with Gasteiger partial charge in [0.1, 0.15) is 23.1 Å². The summed E-state index contributed by atoms with van der Waals surface area (Å²) in [5.74, 6) is 2.12. The number of rotatable bonds is 4. The van der Waals surface area contributed by atoms with Crippen LogP contribution in [0.5, 0.6) is 0 Å². The topological polar surface area (TPSA) is 70.4 Å². The summed E-state index contributed by atoms with van der Waals surface area (Å²) >= 11 is 0. The van der Waals surface area contributed by atoms with Crippen LogP contribution in [0.2, 0.25) is 0 Å². The zero-order valence-electron chi connectivity index (χ0n) is 19.1. The molecule has 2 unspecified atom stereocenters. The number of fused-ring (bicyclic) bond motifs is 5. The maximum atomic E-state index is 14.6. The Morgan fingerprint density at radius 3 is 3.06 bits per heavy atom. The lowest BCUT2D eigenvalue weighted by atomic mass is 10.0. The number of hydrogen-bond acceptors (Lipinski definition) is 6. The summed E-state index contributed by atoms with van der Waals surface area (Å²) in [5, 5.41) is 6.81. The smallest absolute Gasteiger partial charge is 0.140 e. The molecule has 1 aromatic carbocycles. The minimum Gasteiger partial charge on any atom is -0.388 e. The van der Waals surface area contributed by atoms with Gasteiger partial charge < -0.3 is 19.9 Å². The van der Waals surface area contributed by atoms with E-state index in [1.165, 1.54) is 6.42 Å². The van der Waals surface area contributed by atoms with Crippen molar-refractivity contribution >= 4 is 17.2 Å². The van der Waals surface area contributed by atoms with E-state index in [1.54, 1.807) is 12.1 Å². The average molecular weight is 456 g/mol. The quantitative estimate of drug-likeness (QED) is 0.434. The van der Waals surface area contributed by atoms with Crippen molar-refractivity contribution in [3.63, 3.8) is 0 Å². The number of nitrogens with one attached hydrogen (secondary N) is 2. The maximum Gasteiger partial charge on any atom is 0.140 e. The molecular formula is C26H26FN7. The monoisotopic (exact) mass is 455 g/mol. The van der Waals surface area contributed by atoms with Crippen molar-refractivity contribution < 1.29 is 4.39 Å². The lowest BCUT2D eigenvalue weighted by Gasteiger charge is -2.22. The van der Waals surface area contributed by atoms with Gasteiger partial charge in [-0.1, -0.05) is 0 Å². The molecule has 4 aromatic rings.